The van der Waals surface area contributed by atoms with Crippen LogP contribution in [0.5, 0.6) is 5.75 Å². The van der Waals surface area contributed by atoms with Crippen molar-refractivity contribution in [3.63, 3.8) is 0 Å². The number of anilines is 1. The molecule has 0 aliphatic carbocycles. The number of aryl methyl sites for hydroxylation is 1. The van der Waals surface area contributed by atoms with Crippen molar-refractivity contribution in [2.75, 3.05) is 26.1 Å². The first-order valence-electron chi connectivity index (χ1n) is 9.07. The molecule has 1 atom stereocenters. The molecule has 0 saturated heterocycles. The summed E-state index contributed by atoms with van der Waals surface area (Å²) < 4.78 is 5.52. The highest BCUT2D eigenvalue weighted by Gasteiger charge is 2.36. The Bertz CT molecular complexity index is 952. The Kier molecular flexibility index (Phi) is 5.70. The number of nitrogens with one attached hydrogen (secondary N) is 1. The first-order chi connectivity index (χ1) is 13.3. The molecule has 0 spiro atoms. The lowest BCUT2D eigenvalue weighted by Crippen LogP contribution is -2.49. The fourth-order valence-electron chi connectivity index (χ4n) is 3.47. The number of amides is 1. The SMILES string of the molecule is COc1ccccc1N1C(=S)NC(c2cccc(C)c2)C(C(=O)N(C)C)=C1C. The molecule has 2 aromatic rings. The van der Waals surface area contributed by atoms with Crippen LogP contribution in [0.2, 0.25) is 0 Å². The highest BCUT2D eigenvalue weighted by Crippen LogP contribution is 2.38. The summed E-state index contributed by atoms with van der Waals surface area (Å²) in [7, 11) is 5.15. The van der Waals surface area contributed by atoms with E-state index in [1.54, 1.807) is 26.1 Å². The predicted octanol–water partition coefficient (Wildman–Crippen LogP) is 3.80. The normalized spacial score (nSPS) is 16.7. The number of rotatable bonds is 4. The number of methoxy groups -OCH3 is 1. The van der Waals surface area contributed by atoms with Gasteiger partial charge >= 0.3 is 0 Å². The number of benzene rings is 2. The van der Waals surface area contributed by atoms with E-state index in [9.17, 15) is 4.79 Å². The fourth-order valence-corrected chi connectivity index (χ4v) is 3.82. The minimum atomic E-state index is -0.312. The number of para-hydroxylation sites is 2. The van der Waals surface area contributed by atoms with Crippen LogP contribution in [0, 0.1) is 6.92 Å². The van der Waals surface area contributed by atoms with E-state index in [0.717, 1.165) is 22.5 Å². The smallest absolute Gasteiger partial charge is 0.253 e. The van der Waals surface area contributed by atoms with Gasteiger partial charge in [-0.25, -0.2) is 0 Å². The Balaban J connectivity index is 2.20. The summed E-state index contributed by atoms with van der Waals surface area (Å²) in [5.41, 5.74) is 4.39. The van der Waals surface area contributed by atoms with Gasteiger partial charge in [0.05, 0.1) is 24.4 Å². The number of ether oxygens (including phenoxy) is 1. The van der Waals surface area contributed by atoms with Crippen molar-refractivity contribution in [3.8, 4) is 5.75 Å². The molecule has 3 rings (SSSR count). The molecule has 0 aromatic heterocycles. The molecule has 0 radical (unpaired) electrons. The van der Waals surface area contributed by atoms with Crippen LogP contribution in [-0.4, -0.2) is 37.1 Å². The molecule has 28 heavy (non-hydrogen) atoms. The van der Waals surface area contributed by atoms with Crippen LogP contribution in [-0.2, 0) is 4.79 Å². The first kappa shape index (κ1) is 19.9. The van der Waals surface area contributed by atoms with Gasteiger partial charge in [-0.1, -0.05) is 42.0 Å². The van der Waals surface area contributed by atoms with Gasteiger partial charge in [-0.15, -0.1) is 0 Å². The van der Waals surface area contributed by atoms with Crippen LogP contribution >= 0.6 is 12.2 Å². The standard InChI is InChI=1S/C22H25N3O2S/c1-14-9-8-10-16(13-14)20-19(21(26)24(3)4)15(2)25(22(28)23-20)17-11-6-7-12-18(17)27-5/h6-13,20H,1-5H3,(H,23,28). The molecule has 1 amide bonds. The zero-order valence-electron chi connectivity index (χ0n) is 16.8. The van der Waals surface area contributed by atoms with Gasteiger partial charge in [-0.3, -0.25) is 9.69 Å². The molecule has 1 heterocycles. The van der Waals surface area contributed by atoms with Crippen molar-refractivity contribution in [1.29, 1.82) is 0 Å². The number of carbonyl (C=O) groups is 1. The summed E-state index contributed by atoms with van der Waals surface area (Å²) >= 11 is 5.71. The minimum Gasteiger partial charge on any atom is -0.495 e. The number of carbonyl (C=O) groups excluding carboxylic acids is 1. The van der Waals surface area contributed by atoms with Crippen LogP contribution in [0.3, 0.4) is 0 Å². The molecule has 6 heteroatoms. The average Bonchev–Trinajstić information content (AvgIpc) is 2.67. The largest absolute Gasteiger partial charge is 0.495 e. The van der Waals surface area contributed by atoms with Crippen LogP contribution in [0.1, 0.15) is 24.1 Å². The van der Waals surface area contributed by atoms with Gasteiger partial charge in [0.1, 0.15) is 5.75 Å². The van der Waals surface area contributed by atoms with Crippen molar-refractivity contribution in [1.82, 2.24) is 10.2 Å². The zero-order valence-corrected chi connectivity index (χ0v) is 17.6. The minimum absolute atomic E-state index is 0.0566. The van der Waals surface area contributed by atoms with Crippen molar-refractivity contribution in [3.05, 3.63) is 70.9 Å². The first-order valence-corrected chi connectivity index (χ1v) is 9.48. The Labute approximate surface area is 171 Å². The monoisotopic (exact) mass is 395 g/mol. The highest BCUT2D eigenvalue weighted by molar-refractivity contribution is 7.80. The number of allylic oxidation sites excluding steroid dienone is 1. The summed E-state index contributed by atoms with van der Waals surface area (Å²) in [5, 5.41) is 3.90. The van der Waals surface area contributed by atoms with E-state index >= 15 is 0 Å². The maximum absolute atomic E-state index is 13.1. The molecule has 5 nitrogen and oxygen atoms in total. The average molecular weight is 396 g/mol. The van der Waals surface area contributed by atoms with Gasteiger partial charge in [0.2, 0.25) is 0 Å². The van der Waals surface area contributed by atoms with E-state index < -0.39 is 0 Å². The molecule has 1 unspecified atom stereocenters. The third-order valence-corrected chi connectivity index (χ3v) is 5.12. The van der Waals surface area contributed by atoms with Crippen molar-refractivity contribution >= 4 is 28.9 Å². The van der Waals surface area contributed by atoms with Gasteiger partial charge in [-0.05, 0) is 43.8 Å². The van der Waals surface area contributed by atoms with Gasteiger partial charge in [-0.2, -0.15) is 0 Å². The molecule has 1 aliphatic heterocycles. The molecule has 1 N–H and O–H groups in total. The molecule has 0 bridgehead atoms. The third kappa shape index (κ3) is 3.60. The molecule has 1 aliphatic rings. The second-order valence-corrected chi connectivity index (χ2v) is 7.39. The lowest BCUT2D eigenvalue weighted by molar-refractivity contribution is -0.125. The lowest BCUT2D eigenvalue weighted by Gasteiger charge is -2.39. The molecular formula is C22H25N3O2S. The maximum Gasteiger partial charge on any atom is 0.253 e. The van der Waals surface area contributed by atoms with E-state index in [2.05, 4.69) is 11.4 Å². The van der Waals surface area contributed by atoms with Crippen molar-refractivity contribution in [2.45, 2.75) is 19.9 Å². The molecule has 2 aromatic carbocycles. The number of hydrogen-bond acceptors (Lipinski definition) is 3. The topological polar surface area (TPSA) is 44.8 Å². The van der Waals surface area contributed by atoms with Gasteiger partial charge in [0, 0.05) is 19.8 Å². The number of thiocarbonyl (C=S) groups is 1. The molecule has 146 valence electrons. The van der Waals surface area contributed by atoms with E-state index in [1.165, 1.54) is 0 Å². The van der Waals surface area contributed by atoms with Crippen molar-refractivity contribution in [2.24, 2.45) is 0 Å². The fraction of sp³-hybridized carbons (Fsp3) is 0.273. The Morgan fingerprint density at radius 1 is 1.14 bits per heavy atom. The van der Waals surface area contributed by atoms with Crippen molar-refractivity contribution < 1.29 is 9.53 Å². The Morgan fingerprint density at radius 2 is 1.86 bits per heavy atom. The summed E-state index contributed by atoms with van der Waals surface area (Å²) in [5.74, 6) is 0.635. The number of hydrogen-bond donors (Lipinski definition) is 1. The Hall–Kier alpha value is -2.86. The summed E-state index contributed by atoms with van der Waals surface area (Å²) in [4.78, 5) is 16.6. The highest BCUT2D eigenvalue weighted by atomic mass is 32.1. The quantitative estimate of drug-likeness (QED) is 0.798. The van der Waals surface area contributed by atoms with Gasteiger partial charge in [0.25, 0.3) is 5.91 Å². The summed E-state index contributed by atoms with van der Waals surface area (Å²) in [6, 6.07) is 15.5. The molecule has 0 saturated carbocycles. The van der Waals surface area contributed by atoms with Crippen LogP contribution in [0.15, 0.2) is 59.8 Å². The van der Waals surface area contributed by atoms with Crippen LogP contribution in [0.25, 0.3) is 0 Å². The number of likely N-dealkylation sites (N-methyl/N-ethyl adjacent to an activating group) is 1. The van der Waals surface area contributed by atoms with Crippen LogP contribution < -0.4 is 15.0 Å². The lowest BCUT2D eigenvalue weighted by atomic mass is 9.93. The maximum atomic E-state index is 13.1. The second kappa shape index (κ2) is 8.02. The zero-order chi connectivity index (χ0) is 20.4. The molecular weight excluding hydrogens is 370 g/mol. The Morgan fingerprint density at radius 3 is 2.50 bits per heavy atom. The van der Waals surface area contributed by atoms with Crippen LogP contribution in [0.4, 0.5) is 5.69 Å². The second-order valence-electron chi connectivity index (χ2n) is 7.00. The third-order valence-electron chi connectivity index (χ3n) is 4.82. The van der Waals surface area contributed by atoms with Gasteiger partial charge < -0.3 is 15.0 Å². The summed E-state index contributed by atoms with van der Waals surface area (Å²) in [6.45, 7) is 3.97. The molecule has 0 fully saturated rings. The van der Waals surface area contributed by atoms with E-state index in [1.807, 2.05) is 61.2 Å². The van der Waals surface area contributed by atoms with E-state index in [0.29, 0.717) is 16.4 Å². The number of nitrogens with zero attached hydrogens (tertiary/aromatic N) is 2. The predicted molar refractivity (Wildman–Crippen MR) is 117 cm³/mol. The van der Waals surface area contributed by atoms with E-state index in [4.69, 9.17) is 17.0 Å². The van der Waals surface area contributed by atoms with Gasteiger partial charge in [0.15, 0.2) is 5.11 Å². The summed E-state index contributed by atoms with van der Waals surface area (Å²) in [6.07, 6.45) is 0. The van der Waals surface area contributed by atoms with E-state index in [-0.39, 0.29) is 11.9 Å².